The Labute approximate surface area is 83.9 Å². The van der Waals surface area contributed by atoms with Crippen LogP contribution in [0.3, 0.4) is 0 Å². The van der Waals surface area contributed by atoms with E-state index >= 15 is 0 Å². The maximum atomic E-state index is 12.6. The predicted molar refractivity (Wildman–Crippen MR) is 57.4 cm³/mol. The van der Waals surface area contributed by atoms with Gasteiger partial charge in [-0.15, -0.1) is 0 Å². The zero-order chi connectivity index (χ0) is 10.7. The standard InChI is InChI=1S/C11H15FN2/c1-8(2)11(13)14(3)10-6-4-9(12)5-7-10/h4-8,13H,1-3H3. The second-order valence-electron chi connectivity index (χ2n) is 3.58. The van der Waals surface area contributed by atoms with E-state index in [0.717, 1.165) is 5.69 Å². The number of hydrogen-bond acceptors (Lipinski definition) is 1. The lowest BCUT2D eigenvalue weighted by atomic mass is 10.1. The topological polar surface area (TPSA) is 27.1 Å². The monoisotopic (exact) mass is 194 g/mol. The molecule has 0 saturated heterocycles. The number of rotatable bonds is 2. The number of anilines is 1. The minimum Gasteiger partial charge on any atom is -0.333 e. The molecule has 76 valence electrons. The van der Waals surface area contributed by atoms with Crippen LogP contribution in [0.15, 0.2) is 24.3 Å². The second kappa shape index (κ2) is 4.22. The second-order valence-corrected chi connectivity index (χ2v) is 3.58. The molecule has 0 saturated carbocycles. The summed E-state index contributed by atoms with van der Waals surface area (Å²) in [6.45, 7) is 3.92. The third-order valence-electron chi connectivity index (χ3n) is 2.12. The molecule has 1 N–H and O–H groups in total. The SMILES string of the molecule is CC(C)C(=N)N(C)c1ccc(F)cc1. The summed E-state index contributed by atoms with van der Waals surface area (Å²) < 4.78 is 12.6. The minimum absolute atomic E-state index is 0.171. The van der Waals surface area contributed by atoms with Gasteiger partial charge in [-0.1, -0.05) is 13.8 Å². The predicted octanol–water partition coefficient (Wildman–Crippen LogP) is 2.90. The molecule has 0 bridgehead atoms. The Morgan fingerprint density at radius 2 is 1.79 bits per heavy atom. The van der Waals surface area contributed by atoms with Crippen LogP contribution in [0.1, 0.15) is 13.8 Å². The van der Waals surface area contributed by atoms with Crippen LogP contribution in [0, 0.1) is 17.1 Å². The molecule has 0 spiro atoms. The molecule has 0 atom stereocenters. The Hall–Kier alpha value is -1.38. The van der Waals surface area contributed by atoms with Crippen molar-refractivity contribution in [1.82, 2.24) is 0 Å². The lowest BCUT2D eigenvalue weighted by Gasteiger charge is -2.22. The third kappa shape index (κ3) is 2.31. The summed E-state index contributed by atoms with van der Waals surface area (Å²) in [4.78, 5) is 1.75. The lowest BCUT2D eigenvalue weighted by Crippen LogP contribution is -2.29. The van der Waals surface area contributed by atoms with Crippen LogP contribution in [-0.4, -0.2) is 12.9 Å². The molecule has 1 rings (SSSR count). The quantitative estimate of drug-likeness (QED) is 0.568. The molecule has 0 unspecified atom stereocenters. The maximum absolute atomic E-state index is 12.6. The molecule has 14 heavy (non-hydrogen) atoms. The minimum atomic E-state index is -0.252. The molecule has 0 heterocycles. The summed E-state index contributed by atoms with van der Waals surface area (Å²) in [7, 11) is 1.82. The highest BCUT2D eigenvalue weighted by atomic mass is 19.1. The highest BCUT2D eigenvalue weighted by molar-refractivity contribution is 5.96. The maximum Gasteiger partial charge on any atom is 0.123 e. The van der Waals surface area contributed by atoms with Gasteiger partial charge in [0.15, 0.2) is 0 Å². The fraction of sp³-hybridized carbons (Fsp3) is 0.364. The van der Waals surface area contributed by atoms with Crippen molar-refractivity contribution in [3.8, 4) is 0 Å². The van der Waals surface area contributed by atoms with E-state index in [9.17, 15) is 4.39 Å². The van der Waals surface area contributed by atoms with Crippen molar-refractivity contribution in [3.63, 3.8) is 0 Å². The van der Waals surface area contributed by atoms with Crippen LogP contribution in [0.4, 0.5) is 10.1 Å². The van der Waals surface area contributed by atoms with Crippen molar-refractivity contribution in [2.24, 2.45) is 5.92 Å². The smallest absolute Gasteiger partial charge is 0.123 e. The van der Waals surface area contributed by atoms with E-state index < -0.39 is 0 Å². The first-order valence-corrected chi connectivity index (χ1v) is 4.60. The molecule has 0 amide bonds. The van der Waals surface area contributed by atoms with E-state index in [2.05, 4.69) is 0 Å². The number of nitrogens with zero attached hydrogens (tertiary/aromatic N) is 1. The lowest BCUT2D eigenvalue weighted by molar-refractivity contribution is 0.628. The fourth-order valence-corrected chi connectivity index (χ4v) is 1.19. The molecular weight excluding hydrogens is 179 g/mol. The van der Waals surface area contributed by atoms with Gasteiger partial charge in [0, 0.05) is 18.7 Å². The van der Waals surface area contributed by atoms with E-state index in [0.29, 0.717) is 5.84 Å². The van der Waals surface area contributed by atoms with Crippen LogP contribution in [-0.2, 0) is 0 Å². The molecule has 0 aliphatic heterocycles. The van der Waals surface area contributed by atoms with Gasteiger partial charge in [-0.25, -0.2) is 4.39 Å². The summed E-state index contributed by atoms with van der Waals surface area (Å²) in [5, 5.41) is 7.77. The number of hydrogen-bond donors (Lipinski definition) is 1. The van der Waals surface area contributed by atoms with Crippen molar-refractivity contribution >= 4 is 11.5 Å². The largest absolute Gasteiger partial charge is 0.333 e. The number of nitrogens with one attached hydrogen (secondary N) is 1. The average Bonchev–Trinajstić information content (AvgIpc) is 2.16. The number of halogens is 1. The third-order valence-corrected chi connectivity index (χ3v) is 2.12. The van der Waals surface area contributed by atoms with Gasteiger partial charge in [0.1, 0.15) is 11.7 Å². The van der Waals surface area contributed by atoms with Gasteiger partial charge in [0.25, 0.3) is 0 Å². The van der Waals surface area contributed by atoms with Crippen LogP contribution < -0.4 is 4.90 Å². The van der Waals surface area contributed by atoms with Gasteiger partial charge in [0.2, 0.25) is 0 Å². The molecular formula is C11H15FN2. The normalized spacial score (nSPS) is 10.4. The summed E-state index contributed by atoms with van der Waals surface area (Å²) in [6.07, 6.45) is 0. The fourth-order valence-electron chi connectivity index (χ4n) is 1.19. The first-order valence-electron chi connectivity index (χ1n) is 4.60. The van der Waals surface area contributed by atoms with Gasteiger partial charge >= 0.3 is 0 Å². The molecule has 0 aliphatic carbocycles. The highest BCUT2D eigenvalue weighted by Crippen LogP contribution is 2.15. The summed E-state index contributed by atoms with van der Waals surface area (Å²) >= 11 is 0. The van der Waals surface area contributed by atoms with E-state index in [4.69, 9.17) is 5.41 Å². The first-order chi connectivity index (χ1) is 6.52. The van der Waals surface area contributed by atoms with Crippen molar-refractivity contribution in [1.29, 1.82) is 5.41 Å². The molecule has 1 aromatic rings. The Morgan fingerprint density at radius 3 is 2.21 bits per heavy atom. The Bertz CT molecular complexity index is 317. The molecule has 2 nitrogen and oxygen atoms in total. The Morgan fingerprint density at radius 1 is 1.29 bits per heavy atom. The molecule has 0 aliphatic rings. The van der Waals surface area contributed by atoms with Crippen molar-refractivity contribution in [2.45, 2.75) is 13.8 Å². The van der Waals surface area contributed by atoms with Crippen molar-refractivity contribution in [2.75, 3.05) is 11.9 Å². The van der Waals surface area contributed by atoms with Gasteiger partial charge in [-0.3, -0.25) is 5.41 Å². The molecule has 0 radical (unpaired) electrons. The van der Waals surface area contributed by atoms with Crippen LogP contribution in [0.5, 0.6) is 0 Å². The zero-order valence-corrected chi connectivity index (χ0v) is 8.71. The van der Waals surface area contributed by atoms with Crippen LogP contribution in [0.25, 0.3) is 0 Å². The first kappa shape index (κ1) is 10.7. The number of amidine groups is 1. The molecule has 1 aromatic carbocycles. The highest BCUT2D eigenvalue weighted by Gasteiger charge is 2.10. The Balaban J connectivity index is 2.84. The van der Waals surface area contributed by atoms with Crippen molar-refractivity contribution in [3.05, 3.63) is 30.1 Å². The Kier molecular flexibility index (Phi) is 3.23. The summed E-state index contributed by atoms with van der Waals surface area (Å²) in [5.41, 5.74) is 0.838. The molecule has 0 fully saturated rings. The van der Waals surface area contributed by atoms with Gasteiger partial charge in [0.05, 0.1) is 0 Å². The van der Waals surface area contributed by atoms with E-state index in [1.807, 2.05) is 20.9 Å². The van der Waals surface area contributed by atoms with Crippen molar-refractivity contribution < 1.29 is 4.39 Å². The zero-order valence-electron chi connectivity index (χ0n) is 8.71. The summed E-state index contributed by atoms with van der Waals surface area (Å²) in [5.74, 6) is 0.444. The van der Waals surface area contributed by atoms with Crippen LogP contribution in [0.2, 0.25) is 0 Å². The van der Waals surface area contributed by atoms with Crippen LogP contribution >= 0.6 is 0 Å². The van der Waals surface area contributed by atoms with Gasteiger partial charge in [-0.05, 0) is 24.3 Å². The number of benzene rings is 1. The molecule has 3 heteroatoms. The summed E-state index contributed by atoms with van der Waals surface area (Å²) in [6, 6.07) is 6.15. The van der Waals surface area contributed by atoms with Gasteiger partial charge < -0.3 is 4.90 Å². The average molecular weight is 194 g/mol. The van der Waals surface area contributed by atoms with Gasteiger partial charge in [-0.2, -0.15) is 0 Å². The van der Waals surface area contributed by atoms with E-state index in [-0.39, 0.29) is 11.7 Å². The molecule has 0 aromatic heterocycles. The van der Waals surface area contributed by atoms with E-state index in [1.54, 1.807) is 17.0 Å². The van der Waals surface area contributed by atoms with E-state index in [1.165, 1.54) is 12.1 Å².